The van der Waals surface area contributed by atoms with Gasteiger partial charge >= 0.3 is 12.1 Å². The minimum atomic E-state index is -1.17. The zero-order chi connectivity index (χ0) is 13.1. The first-order valence-corrected chi connectivity index (χ1v) is 4.53. The highest BCUT2D eigenvalue weighted by molar-refractivity contribution is 5.76. The second-order valence-electron chi connectivity index (χ2n) is 2.58. The maximum Gasteiger partial charge on any atom is 0.407 e. The van der Waals surface area contributed by atoms with E-state index >= 15 is 0 Å². The molecule has 0 saturated carbocycles. The number of amides is 1. The van der Waals surface area contributed by atoms with Crippen molar-refractivity contribution in [2.45, 2.75) is 0 Å². The molecule has 0 rings (SSSR count). The minimum absolute atomic E-state index is 0.0621. The Hall–Kier alpha value is -1.46. The van der Waals surface area contributed by atoms with E-state index in [1.165, 1.54) is 0 Å². The molecule has 0 aromatic carbocycles. The molecule has 10 nitrogen and oxygen atoms in total. The number of hydrogen-bond donors (Lipinski definition) is 4. The number of carboxylic acids is 1. The SMILES string of the molecule is O=C(O)CNC(=O)OCCOCCON(O)O. The van der Waals surface area contributed by atoms with Crippen LogP contribution in [0.3, 0.4) is 0 Å². The molecule has 0 atom stereocenters. The van der Waals surface area contributed by atoms with Crippen LogP contribution in [0.1, 0.15) is 0 Å². The van der Waals surface area contributed by atoms with Gasteiger partial charge in [0.25, 0.3) is 0 Å². The normalized spacial score (nSPS) is 10.3. The molecule has 0 unspecified atom stereocenters. The monoisotopic (exact) mass is 254 g/mol. The predicted molar refractivity (Wildman–Crippen MR) is 49.2 cm³/mol. The summed E-state index contributed by atoms with van der Waals surface area (Å²) in [6, 6.07) is 0. The maximum absolute atomic E-state index is 10.8. The molecule has 0 aliphatic carbocycles. The largest absolute Gasteiger partial charge is 0.480 e. The van der Waals surface area contributed by atoms with Gasteiger partial charge in [0.1, 0.15) is 13.2 Å². The van der Waals surface area contributed by atoms with E-state index in [1.807, 2.05) is 5.32 Å². The summed E-state index contributed by atoms with van der Waals surface area (Å²) in [6.07, 6.45) is -0.857. The lowest BCUT2D eigenvalue weighted by Gasteiger charge is -2.07. The average molecular weight is 254 g/mol. The van der Waals surface area contributed by atoms with Gasteiger partial charge in [0, 0.05) is 0 Å². The Bertz CT molecular complexity index is 234. The van der Waals surface area contributed by atoms with Gasteiger partial charge < -0.3 is 19.9 Å². The molecule has 0 aliphatic heterocycles. The van der Waals surface area contributed by atoms with E-state index in [9.17, 15) is 9.59 Å². The highest BCUT2D eigenvalue weighted by atomic mass is 17.1. The van der Waals surface area contributed by atoms with Crippen molar-refractivity contribution in [2.75, 3.05) is 33.0 Å². The molecule has 0 spiro atoms. The number of nitrogens with one attached hydrogen (secondary N) is 1. The van der Waals surface area contributed by atoms with Gasteiger partial charge in [-0.2, -0.15) is 0 Å². The van der Waals surface area contributed by atoms with Crippen molar-refractivity contribution in [1.82, 2.24) is 10.7 Å². The van der Waals surface area contributed by atoms with Gasteiger partial charge in [-0.3, -0.25) is 15.2 Å². The summed E-state index contributed by atoms with van der Waals surface area (Å²) in [5, 5.41) is 26.0. The van der Waals surface area contributed by atoms with Gasteiger partial charge in [0.15, 0.2) is 0 Å². The third-order valence-corrected chi connectivity index (χ3v) is 1.28. The Morgan fingerprint density at radius 2 is 1.76 bits per heavy atom. The number of carboxylic acid groups (broad SMARTS) is 1. The van der Waals surface area contributed by atoms with Gasteiger partial charge in [-0.15, -0.1) is 0 Å². The van der Waals surface area contributed by atoms with Crippen LogP contribution in [0.25, 0.3) is 0 Å². The zero-order valence-corrected chi connectivity index (χ0v) is 8.87. The van der Waals surface area contributed by atoms with Gasteiger partial charge in [0.05, 0.1) is 25.2 Å². The molecule has 0 radical (unpaired) electrons. The molecule has 0 aliphatic rings. The first kappa shape index (κ1) is 15.5. The lowest BCUT2D eigenvalue weighted by atomic mass is 10.6. The van der Waals surface area contributed by atoms with Crippen LogP contribution in [-0.4, -0.2) is 65.9 Å². The average Bonchev–Trinajstić information content (AvgIpc) is 2.24. The van der Waals surface area contributed by atoms with Crippen LogP contribution in [0, 0.1) is 0 Å². The number of carbonyl (C=O) groups excluding carboxylic acids is 1. The summed E-state index contributed by atoms with van der Waals surface area (Å²) in [7, 11) is 0. The molecule has 1 amide bonds. The molecule has 0 bridgehead atoms. The van der Waals surface area contributed by atoms with Crippen LogP contribution >= 0.6 is 0 Å². The number of hydrogen-bond acceptors (Lipinski definition) is 8. The maximum atomic E-state index is 10.8. The fourth-order valence-electron chi connectivity index (χ4n) is 0.672. The summed E-state index contributed by atoms with van der Waals surface area (Å²) >= 11 is 0. The molecule has 4 N–H and O–H groups in total. The first-order chi connectivity index (χ1) is 8.02. The van der Waals surface area contributed by atoms with Crippen molar-refractivity contribution < 1.29 is 39.4 Å². The Labute approximate surface area is 96.1 Å². The van der Waals surface area contributed by atoms with Crippen molar-refractivity contribution in [2.24, 2.45) is 0 Å². The van der Waals surface area contributed by atoms with Gasteiger partial charge in [0.2, 0.25) is 0 Å². The highest BCUT2D eigenvalue weighted by Crippen LogP contribution is 1.83. The summed E-state index contributed by atoms with van der Waals surface area (Å²) in [4.78, 5) is 25.0. The van der Waals surface area contributed by atoms with Crippen LogP contribution in [-0.2, 0) is 19.1 Å². The van der Waals surface area contributed by atoms with Crippen LogP contribution < -0.4 is 5.32 Å². The summed E-state index contributed by atoms with van der Waals surface area (Å²) in [5.41, 5.74) is 0. The lowest BCUT2D eigenvalue weighted by Crippen LogP contribution is -2.30. The molecule has 0 saturated heterocycles. The van der Waals surface area contributed by atoms with Crippen molar-refractivity contribution in [3.8, 4) is 0 Å². The Morgan fingerprint density at radius 3 is 2.35 bits per heavy atom. The number of rotatable bonds is 9. The van der Waals surface area contributed by atoms with E-state index < -0.39 is 24.0 Å². The van der Waals surface area contributed by atoms with Crippen molar-refractivity contribution >= 4 is 12.1 Å². The van der Waals surface area contributed by atoms with Gasteiger partial charge in [-0.25, -0.2) is 9.63 Å². The number of ether oxygens (including phenoxy) is 2. The topological polar surface area (TPSA) is 138 Å². The summed E-state index contributed by atoms with van der Waals surface area (Å²) < 4.78 is 9.40. The Kier molecular flexibility index (Phi) is 8.91. The molecule has 0 aromatic rings. The van der Waals surface area contributed by atoms with Crippen LogP contribution in [0.5, 0.6) is 0 Å². The molecule has 0 fully saturated rings. The third kappa shape index (κ3) is 12.5. The Balaban J connectivity index is 3.22. The number of nitrogens with zero attached hydrogens (tertiary/aromatic N) is 1. The van der Waals surface area contributed by atoms with E-state index in [4.69, 9.17) is 20.3 Å². The minimum Gasteiger partial charge on any atom is -0.480 e. The van der Waals surface area contributed by atoms with Crippen molar-refractivity contribution in [3.05, 3.63) is 0 Å². The molecule has 100 valence electrons. The zero-order valence-electron chi connectivity index (χ0n) is 8.87. The van der Waals surface area contributed by atoms with Gasteiger partial charge in [-0.1, -0.05) is 0 Å². The second-order valence-corrected chi connectivity index (χ2v) is 2.58. The fourth-order valence-corrected chi connectivity index (χ4v) is 0.672. The Morgan fingerprint density at radius 1 is 1.12 bits per heavy atom. The molecule has 17 heavy (non-hydrogen) atoms. The third-order valence-electron chi connectivity index (χ3n) is 1.28. The quantitative estimate of drug-likeness (QED) is 0.296. The molecule has 0 aromatic heterocycles. The molecule has 10 heteroatoms. The predicted octanol–water partition coefficient (Wildman–Crippen LogP) is -1.17. The fraction of sp³-hybridized carbons (Fsp3) is 0.714. The van der Waals surface area contributed by atoms with E-state index in [1.54, 1.807) is 0 Å². The lowest BCUT2D eigenvalue weighted by molar-refractivity contribution is -0.493. The first-order valence-electron chi connectivity index (χ1n) is 4.53. The molecular formula is C7H14N2O8. The molecule has 0 heterocycles. The molecular weight excluding hydrogens is 240 g/mol. The van der Waals surface area contributed by atoms with Crippen LogP contribution in [0.2, 0.25) is 0 Å². The van der Waals surface area contributed by atoms with E-state index in [0.717, 1.165) is 0 Å². The summed E-state index contributed by atoms with van der Waals surface area (Å²) in [6.45, 7) is -0.527. The number of alkyl carbamates (subject to hydrolysis) is 1. The van der Waals surface area contributed by atoms with E-state index in [2.05, 4.69) is 9.57 Å². The van der Waals surface area contributed by atoms with E-state index in [-0.39, 0.29) is 26.4 Å². The number of carbonyl (C=O) groups is 2. The summed E-state index contributed by atoms with van der Waals surface area (Å²) in [5.74, 6) is -1.17. The van der Waals surface area contributed by atoms with E-state index in [0.29, 0.717) is 0 Å². The van der Waals surface area contributed by atoms with Crippen LogP contribution in [0.15, 0.2) is 0 Å². The second kappa shape index (κ2) is 9.74. The number of aliphatic carboxylic acids is 1. The highest BCUT2D eigenvalue weighted by Gasteiger charge is 2.03. The van der Waals surface area contributed by atoms with Crippen molar-refractivity contribution in [3.63, 3.8) is 0 Å². The van der Waals surface area contributed by atoms with Crippen LogP contribution in [0.4, 0.5) is 4.79 Å². The smallest absolute Gasteiger partial charge is 0.407 e. The van der Waals surface area contributed by atoms with Gasteiger partial charge in [-0.05, 0) is 0 Å². The standard InChI is InChI=1S/C7H14N2O8/c10-6(11)5-8-7(12)16-3-1-15-2-4-17-9(13)14/h13-14H,1-5H2,(H,8,12)(H,10,11). The van der Waals surface area contributed by atoms with Crippen molar-refractivity contribution in [1.29, 1.82) is 0 Å².